The fraction of sp³-hybridized carbons (Fsp3) is 0.353. The summed E-state index contributed by atoms with van der Waals surface area (Å²) in [5, 5.41) is 26.8. The van der Waals surface area contributed by atoms with Crippen molar-refractivity contribution in [2.45, 2.75) is 25.6 Å². The normalized spacial score (nSPS) is 16.0. The summed E-state index contributed by atoms with van der Waals surface area (Å²) in [4.78, 5) is 3.76. The first kappa shape index (κ1) is 15.4. The van der Waals surface area contributed by atoms with Crippen LogP contribution in [0.3, 0.4) is 0 Å². The Morgan fingerprint density at radius 2 is 2.04 bits per heavy atom. The number of aliphatic hydroxyl groups excluding tert-OH is 1. The summed E-state index contributed by atoms with van der Waals surface area (Å²) < 4.78 is 0. The molecule has 0 aliphatic carbocycles. The zero-order valence-corrected chi connectivity index (χ0v) is 14.1. The van der Waals surface area contributed by atoms with Crippen molar-refractivity contribution < 1.29 is 5.11 Å². The van der Waals surface area contributed by atoms with E-state index in [2.05, 4.69) is 44.6 Å². The van der Waals surface area contributed by atoms with Crippen molar-refractivity contribution in [1.82, 2.24) is 25.1 Å². The fourth-order valence-corrected chi connectivity index (χ4v) is 3.72. The molecule has 6 nitrogen and oxygen atoms in total. The standard InChI is InChI=1S/C17H19N5OS/c23-16(10-21-7-5-13-3-1-2-4-14(13)9-21)11-22-19-17(18-20-22)15-6-8-24-12-15/h1-4,6,8,12,16,23H,5,7,9-11H2. The molecule has 1 atom stereocenters. The number of rotatable bonds is 5. The first-order chi connectivity index (χ1) is 11.8. The number of hydrogen-bond donors (Lipinski definition) is 1. The Hall–Kier alpha value is -2.09. The molecule has 0 saturated carbocycles. The number of thiophene rings is 1. The van der Waals surface area contributed by atoms with Crippen LogP contribution in [0.4, 0.5) is 0 Å². The number of benzene rings is 1. The molecule has 1 aliphatic rings. The van der Waals surface area contributed by atoms with Crippen molar-refractivity contribution in [3.63, 3.8) is 0 Å². The van der Waals surface area contributed by atoms with Crippen LogP contribution in [0.1, 0.15) is 11.1 Å². The summed E-state index contributed by atoms with van der Waals surface area (Å²) in [6.45, 7) is 2.83. The molecule has 1 aliphatic heterocycles. The van der Waals surface area contributed by atoms with Gasteiger partial charge in [0.25, 0.3) is 0 Å². The van der Waals surface area contributed by atoms with Gasteiger partial charge in [0.2, 0.25) is 5.82 Å². The van der Waals surface area contributed by atoms with Crippen LogP contribution in [0, 0.1) is 0 Å². The lowest BCUT2D eigenvalue weighted by Gasteiger charge is -2.30. The number of nitrogens with zero attached hydrogens (tertiary/aromatic N) is 5. The molecule has 1 unspecified atom stereocenters. The quantitative estimate of drug-likeness (QED) is 0.767. The van der Waals surface area contributed by atoms with Crippen LogP contribution >= 0.6 is 11.3 Å². The van der Waals surface area contributed by atoms with E-state index in [4.69, 9.17) is 0 Å². The second-order valence-electron chi connectivity index (χ2n) is 6.09. The molecule has 24 heavy (non-hydrogen) atoms. The predicted molar refractivity (Wildman–Crippen MR) is 92.6 cm³/mol. The molecule has 0 saturated heterocycles. The van der Waals surface area contributed by atoms with E-state index in [-0.39, 0.29) is 0 Å². The van der Waals surface area contributed by atoms with Gasteiger partial charge in [0.1, 0.15) is 0 Å². The first-order valence-corrected chi connectivity index (χ1v) is 9.00. The SMILES string of the molecule is OC(CN1CCc2ccccc2C1)Cn1nnc(-c2ccsc2)n1. The van der Waals surface area contributed by atoms with Crippen LogP contribution < -0.4 is 0 Å². The molecule has 1 N–H and O–H groups in total. The van der Waals surface area contributed by atoms with Crippen molar-refractivity contribution in [3.05, 3.63) is 52.2 Å². The molecule has 3 heterocycles. The van der Waals surface area contributed by atoms with Gasteiger partial charge in [-0.2, -0.15) is 16.1 Å². The van der Waals surface area contributed by atoms with Gasteiger partial charge in [0, 0.05) is 30.6 Å². The van der Waals surface area contributed by atoms with Crippen molar-refractivity contribution in [1.29, 1.82) is 0 Å². The van der Waals surface area contributed by atoms with Gasteiger partial charge in [0.05, 0.1) is 12.6 Å². The smallest absolute Gasteiger partial charge is 0.205 e. The van der Waals surface area contributed by atoms with Crippen LogP contribution in [0.15, 0.2) is 41.1 Å². The third-order valence-corrected chi connectivity index (χ3v) is 4.97. The van der Waals surface area contributed by atoms with E-state index in [1.165, 1.54) is 15.9 Å². The molecule has 4 rings (SSSR count). The molecule has 7 heteroatoms. The second kappa shape index (κ2) is 6.80. The van der Waals surface area contributed by atoms with Gasteiger partial charge in [-0.15, -0.1) is 10.2 Å². The number of aromatic nitrogens is 4. The maximum Gasteiger partial charge on any atom is 0.205 e. The highest BCUT2D eigenvalue weighted by molar-refractivity contribution is 7.08. The van der Waals surface area contributed by atoms with E-state index in [9.17, 15) is 5.11 Å². The van der Waals surface area contributed by atoms with E-state index in [1.54, 1.807) is 11.3 Å². The monoisotopic (exact) mass is 341 g/mol. The average Bonchev–Trinajstić information content (AvgIpc) is 3.26. The lowest BCUT2D eigenvalue weighted by molar-refractivity contribution is 0.0849. The predicted octanol–water partition coefficient (Wildman–Crippen LogP) is 1.82. The highest BCUT2D eigenvalue weighted by Crippen LogP contribution is 2.19. The molecule has 0 bridgehead atoms. The van der Waals surface area contributed by atoms with Crippen molar-refractivity contribution in [2.24, 2.45) is 0 Å². The van der Waals surface area contributed by atoms with E-state index in [0.717, 1.165) is 25.1 Å². The summed E-state index contributed by atoms with van der Waals surface area (Å²) in [5.74, 6) is 0.607. The molecular weight excluding hydrogens is 322 g/mol. The Morgan fingerprint density at radius 3 is 2.88 bits per heavy atom. The Labute approximate surface area is 144 Å². The molecule has 0 fully saturated rings. The van der Waals surface area contributed by atoms with E-state index in [1.807, 2.05) is 16.8 Å². The fourth-order valence-electron chi connectivity index (χ4n) is 3.08. The van der Waals surface area contributed by atoms with Gasteiger partial charge in [0.15, 0.2) is 0 Å². The molecule has 124 valence electrons. The third kappa shape index (κ3) is 3.38. The molecular formula is C17H19N5OS. The van der Waals surface area contributed by atoms with Gasteiger partial charge in [-0.25, -0.2) is 0 Å². The first-order valence-electron chi connectivity index (χ1n) is 8.05. The molecule has 3 aromatic rings. The Balaban J connectivity index is 1.35. The van der Waals surface area contributed by atoms with Gasteiger partial charge >= 0.3 is 0 Å². The summed E-state index contributed by atoms with van der Waals surface area (Å²) in [6, 6.07) is 10.5. The van der Waals surface area contributed by atoms with E-state index >= 15 is 0 Å². The number of fused-ring (bicyclic) bond motifs is 1. The van der Waals surface area contributed by atoms with Crippen LogP contribution in [0.2, 0.25) is 0 Å². The minimum absolute atomic E-state index is 0.356. The van der Waals surface area contributed by atoms with E-state index in [0.29, 0.717) is 18.9 Å². The number of aliphatic hydroxyl groups is 1. The summed E-state index contributed by atoms with van der Waals surface area (Å²) in [5.41, 5.74) is 3.74. The van der Waals surface area contributed by atoms with Crippen LogP contribution in [0.5, 0.6) is 0 Å². The highest BCUT2D eigenvalue weighted by atomic mass is 32.1. The average molecular weight is 341 g/mol. The molecule has 2 aromatic heterocycles. The van der Waals surface area contributed by atoms with Crippen molar-refractivity contribution in [3.8, 4) is 11.4 Å². The molecule has 0 radical (unpaired) electrons. The summed E-state index contributed by atoms with van der Waals surface area (Å²) in [6.07, 6.45) is 0.520. The highest BCUT2D eigenvalue weighted by Gasteiger charge is 2.19. The van der Waals surface area contributed by atoms with E-state index < -0.39 is 6.10 Å². The van der Waals surface area contributed by atoms with Gasteiger partial charge in [-0.1, -0.05) is 24.3 Å². The Bertz CT molecular complexity index is 801. The largest absolute Gasteiger partial charge is 0.390 e. The Morgan fingerprint density at radius 1 is 1.17 bits per heavy atom. The second-order valence-corrected chi connectivity index (χ2v) is 6.87. The van der Waals surface area contributed by atoms with Gasteiger partial charge in [-0.3, -0.25) is 4.90 Å². The van der Waals surface area contributed by atoms with Gasteiger partial charge < -0.3 is 5.11 Å². The maximum atomic E-state index is 10.4. The summed E-state index contributed by atoms with van der Waals surface area (Å²) >= 11 is 1.60. The lowest BCUT2D eigenvalue weighted by Crippen LogP contribution is -2.38. The topological polar surface area (TPSA) is 67.1 Å². The minimum atomic E-state index is -0.514. The third-order valence-electron chi connectivity index (χ3n) is 4.28. The molecule has 1 aromatic carbocycles. The van der Waals surface area contributed by atoms with Crippen LogP contribution in [0.25, 0.3) is 11.4 Å². The van der Waals surface area contributed by atoms with Crippen LogP contribution in [-0.4, -0.2) is 49.4 Å². The lowest BCUT2D eigenvalue weighted by atomic mass is 10.00. The summed E-state index contributed by atoms with van der Waals surface area (Å²) in [7, 11) is 0. The number of tetrazole rings is 1. The maximum absolute atomic E-state index is 10.4. The number of β-amino-alcohol motifs (C(OH)–C–C–N with tert-alkyl or cyclic N) is 1. The molecule has 0 amide bonds. The minimum Gasteiger partial charge on any atom is -0.390 e. The van der Waals surface area contributed by atoms with Gasteiger partial charge in [-0.05, 0) is 34.2 Å². The van der Waals surface area contributed by atoms with Crippen molar-refractivity contribution in [2.75, 3.05) is 13.1 Å². The Kier molecular flexibility index (Phi) is 4.38. The zero-order valence-electron chi connectivity index (χ0n) is 13.2. The zero-order chi connectivity index (χ0) is 16.4. The van der Waals surface area contributed by atoms with Crippen LogP contribution in [-0.2, 0) is 19.5 Å². The number of hydrogen-bond acceptors (Lipinski definition) is 6. The molecule has 0 spiro atoms. The van der Waals surface area contributed by atoms with Crippen molar-refractivity contribution >= 4 is 11.3 Å².